The van der Waals surface area contributed by atoms with Crippen LogP contribution in [0.1, 0.15) is 47.4 Å². The van der Waals surface area contributed by atoms with Crippen molar-refractivity contribution >= 4 is 5.91 Å². The van der Waals surface area contributed by atoms with Crippen molar-refractivity contribution in [1.29, 1.82) is 0 Å². The van der Waals surface area contributed by atoms with Crippen LogP contribution >= 0.6 is 0 Å². The fourth-order valence-corrected chi connectivity index (χ4v) is 3.55. The maximum Gasteiger partial charge on any atom is 0.270 e. The molecule has 2 unspecified atom stereocenters. The molecule has 2 aliphatic heterocycles. The van der Waals surface area contributed by atoms with Gasteiger partial charge in [-0.15, -0.1) is 0 Å². The van der Waals surface area contributed by atoms with E-state index in [1.807, 2.05) is 26.0 Å². The largest absolute Gasteiger partial charge is 0.348 e. The number of amides is 1. The molecule has 1 amide bonds. The van der Waals surface area contributed by atoms with Crippen molar-refractivity contribution in [1.82, 2.24) is 15.2 Å². The van der Waals surface area contributed by atoms with E-state index in [1.165, 1.54) is 12.8 Å². The van der Waals surface area contributed by atoms with Crippen LogP contribution in [0.4, 0.5) is 0 Å². The van der Waals surface area contributed by atoms with E-state index < -0.39 is 0 Å². The maximum absolute atomic E-state index is 12.3. The molecule has 2 aliphatic rings. The van der Waals surface area contributed by atoms with Crippen molar-refractivity contribution in [3.63, 3.8) is 0 Å². The van der Waals surface area contributed by atoms with Crippen molar-refractivity contribution in [3.05, 3.63) is 29.1 Å². The van der Waals surface area contributed by atoms with Crippen LogP contribution in [0.25, 0.3) is 0 Å². The summed E-state index contributed by atoms with van der Waals surface area (Å²) in [5.41, 5.74) is 2.60. The van der Waals surface area contributed by atoms with Crippen molar-refractivity contribution in [2.24, 2.45) is 0 Å². The summed E-state index contributed by atoms with van der Waals surface area (Å²) in [6, 6.07) is 5.38. The standard InChI is InChI=1S/C16H23N3O/c1-10-4-7-15(17-11(10)2)16(20)18-12-8-13-5-6-14(9-12)19(13)3/h4,7,12-14H,5-6,8-9H2,1-3H3,(H,18,20). The fraction of sp³-hybridized carbons (Fsp3) is 0.625. The van der Waals surface area contributed by atoms with Crippen molar-refractivity contribution in [2.45, 2.75) is 57.7 Å². The molecule has 0 saturated carbocycles. The summed E-state index contributed by atoms with van der Waals surface area (Å²) in [7, 11) is 2.21. The lowest BCUT2D eigenvalue weighted by Gasteiger charge is -2.36. The number of hydrogen-bond donors (Lipinski definition) is 1. The molecule has 108 valence electrons. The number of hydrogen-bond acceptors (Lipinski definition) is 3. The van der Waals surface area contributed by atoms with Crippen LogP contribution in [-0.4, -0.2) is 41.0 Å². The van der Waals surface area contributed by atoms with Gasteiger partial charge in [0.1, 0.15) is 5.69 Å². The van der Waals surface area contributed by atoms with Crippen LogP contribution in [0.2, 0.25) is 0 Å². The molecule has 4 nitrogen and oxygen atoms in total. The van der Waals surface area contributed by atoms with Crippen molar-refractivity contribution in [2.75, 3.05) is 7.05 Å². The summed E-state index contributed by atoms with van der Waals surface area (Å²) < 4.78 is 0. The number of nitrogens with zero attached hydrogens (tertiary/aromatic N) is 2. The molecular weight excluding hydrogens is 250 g/mol. The normalized spacial score (nSPS) is 29.4. The molecular formula is C16H23N3O. The molecule has 1 N–H and O–H groups in total. The molecule has 2 fully saturated rings. The summed E-state index contributed by atoms with van der Waals surface area (Å²) in [6.45, 7) is 3.96. The number of carbonyl (C=O) groups is 1. The van der Waals surface area contributed by atoms with E-state index in [0.717, 1.165) is 24.1 Å². The Morgan fingerprint density at radius 1 is 1.25 bits per heavy atom. The van der Waals surface area contributed by atoms with Gasteiger partial charge in [-0.25, -0.2) is 4.98 Å². The third-order valence-electron chi connectivity index (χ3n) is 5.02. The zero-order valence-electron chi connectivity index (χ0n) is 12.5. The predicted molar refractivity (Wildman–Crippen MR) is 78.8 cm³/mol. The highest BCUT2D eigenvalue weighted by atomic mass is 16.1. The van der Waals surface area contributed by atoms with Gasteiger partial charge >= 0.3 is 0 Å². The molecule has 0 radical (unpaired) electrons. The second-order valence-corrected chi connectivity index (χ2v) is 6.29. The van der Waals surface area contributed by atoms with Crippen molar-refractivity contribution in [3.8, 4) is 0 Å². The van der Waals surface area contributed by atoms with Gasteiger partial charge < -0.3 is 10.2 Å². The van der Waals surface area contributed by atoms with Crippen LogP contribution in [0.5, 0.6) is 0 Å². The zero-order valence-corrected chi connectivity index (χ0v) is 12.5. The summed E-state index contributed by atoms with van der Waals surface area (Å²) in [5.74, 6) is -0.0259. The number of aryl methyl sites for hydroxylation is 2. The highest BCUT2D eigenvalue weighted by Gasteiger charge is 2.38. The van der Waals surface area contributed by atoms with Gasteiger partial charge in [0.05, 0.1) is 0 Å². The lowest BCUT2D eigenvalue weighted by Crippen LogP contribution is -2.48. The minimum absolute atomic E-state index is 0.0259. The monoisotopic (exact) mass is 273 g/mol. The molecule has 1 aromatic heterocycles. The number of piperidine rings is 1. The average Bonchev–Trinajstić information content (AvgIpc) is 2.64. The molecule has 0 aliphatic carbocycles. The van der Waals surface area contributed by atoms with E-state index in [4.69, 9.17) is 0 Å². The minimum Gasteiger partial charge on any atom is -0.348 e. The quantitative estimate of drug-likeness (QED) is 0.897. The Labute approximate surface area is 120 Å². The molecule has 4 heteroatoms. The Morgan fingerprint density at radius 3 is 2.50 bits per heavy atom. The second kappa shape index (κ2) is 5.17. The lowest BCUT2D eigenvalue weighted by atomic mass is 9.98. The van der Waals surface area contributed by atoms with Gasteiger partial charge in [-0.05, 0) is 58.2 Å². The van der Waals surface area contributed by atoms with E-state index >= 15 is 0 Å². The van der Waals surface area contributed by atoms with Gasteiger partial charge in [0, 0.05) is 23.8 Å². The summed E-state index contributed by atoms with van der Waals surface area (Å²) in [4.78, 5) is 19.2. The second-order valence-electron chi connectivity index (χ2n) is 6.29. The van der Waals surface area contributed by atoms with Gasteiger partial charge in [0.15, 0.2) is 0 Å². The topological polar surface area (TPSA) is 45.2 Å². The average molecular weight is 273 g/mol. The zero-order chi connectivity index (χ0) is 14.3. The first-order valence-corrected chi connectivity index (χ1v) is 7.51. The number of nitrogens with one attached hydrogen (secondary N) is 1. The first-order valence-electron chi connectivity index (χ1n) is 7.51. The van der Waals surface area contributed by atoms with Crippen LogP contribution in [0.3, 0.4) is 0 Å². The Morgan fingerprint density at radius 2 is 1.90 bits per heavy atom. The number of carbonyl (C=O) groups excluding carboxylic acids is 1. The molecule has 3 rings (SSSR count). The molecule has 2 saturated heterocycles. The summed E-state index contributed by atoms with van der Waals surface area (Å²) in [5, 5.41) is 3.18. The van der Waals surface area contributed by atoms with Crippen LogP contribution in [0, 0.1) is 13.8 Å². The number of rotatable bonds is 2. The van der Waals surface area contributed by atoms with Gasteiger partial charge in [-0.1, -0.05) is 6.07 Å². The third kappa shape index (κ3) is 2.44. The SMILES string of the molecule is Cc1ccc(C(=O)NC2CC3CCC(C2)N3C)nc1C. The van der Waals surface area contributed by atoms with E-state index in [9.17, 15) is 4.79 Å². The smallest absolute Gasteiger partial charge is 0.270 e. The van der Waals surface area contributed by atoms with Crippen LogP contribution in [0.15, 0.2) is 12.1 Å². The number of pyridine rings is 1. The van der Waals surface area contributed by atoms with Crippen molar-refractivity contribution < 1.29 is 4.79 Å². The Hall–Kier alpha value is -1.42. The molecule has 1 aromatic rings. The maximum atomic E-state index is 12.3. The van der Waals surface area contributed by atoms with Gasteiger partial charge in [0.25, 0.3) is 5.91 Å². The first-order chi connectivity index (χ1) is 9.54. The lowest BCUT2D eigenvalue weighted by molar-refractivity contribution is 0.0877. The van der Waals surface area contributed by atoms with Crippen LogP contribution in [-0.2, 0) is 0 Å². The molecule has 0 aromatic carbocycles. The summed E-state index contributed by atoms with van der Waals surface area (Å²) in [6.07, 6.45) is 4.69. The molecule has 2 bridgehead atoms. The molecule has 0 spiro atoms. The molecule has 3 heterocycles. The number of aromatic nitrogens is 1. The van der Waals surface area contributed by atoms with E-state index in [2.05, 4.69) is 22.2 Å². The van der Waals surface area contributed by atoms with E-state index in [1.54, 1.807) is 0 Å². The summed E-state index contributed by atoms with van der Waals surface area (Å²) >= 11 is 0. The Balaban J connectivity index is 1.66. The van der Waals surface area contributed by atoms with Gasteiger partial charge in [-0.2, -0.15) is 0 Å². The molecule has 2 atom stereocenters. The highest BCUT2D eigenvalue weighted by Crippen LogP contribution is 2.34. The Bertz CT molecular complexity index is 514. The minimum atomic E-state index is -0.0259. The number of fused-ring (bicyclic) bond motifs is 2. The molecule has 20 heavy (non-hydrogen) atoms. The van der Waals surface area contributed by atoms with Gasteiger partial charge in [-0.3, -0.25) is 4.79 Å². The van der Waals surface area contributed by atoms with Gasteiger partial charge in [0.2, 0.25) is 0 Å². The first kappa shape index (κ1) is 13.6. The highest BCUT2D eigenvalue weighted by molar-refractivity contribution is 5.92. The van der Waals surface area contributed by atoms with Crippen LogP contribution < -0.4 is 5.32 Å². The Kier molecular flexibility index (Phi) is 3.50. The fourth-order valence-electron chi connectivity index (χ4n) is 3.55. The van der Waals surface area contributed by atoms with E-state index in [0.29, 0.717) is 23.8 Å². The van der Waals surface area contributed by atoms with E-state index in [-0.39, 0.29) is 5.91 Å². The third-order valence-corrected chi connectivity index (χ3v) is 5.02. The predicted octanol–water partition coefficient (Wildman–Crippen LogP) is 2.05.